The molecule has 4 rings (SSSR count). The van der Waals surface area contributed by atoms with Gasteiger partial charge in [0, 0.05) is 31.2 Å². The van der Waals surface area contributed by atoms with Gasteiger partial charge < -0.3 is 15.6 Å². The van der Waals surface area contributed by atoms with Gasteiger partial charge in [-0.3, -0.25) is 9.36 Å². The van der Waals surface area contributed by atoms with Crippen LogP contribution in [0.25, 0.3) is 11.2 Å². The molecule has 0 atom stereocenters. The number of rotatable bonds is 4. The van der Waals surface area contributed by atoms with Crippen LogP contribution in [0.2, 0.25) is 0 Å². The standard InChI is InChI=1S/C15H17N7OS/c1-2-22-12-11(20-14(22)16)5-9(6-17-12)13(23)18-7-10-8-21-3-4-24-15(21)19-10/h5-6,8H,2-4,7H2,1H3,(H2,16,20)(H,18,23). The lowest BCUT2D eigenvalue weighted by Crippen LogP contribution is -2.23. The molecule has 0 fully saturated rings. The van der Waals surface area contributed by atoms with E-state index < -0.39 is 0 Å². The van der Waals surface area contributed by atoms with E-state index in [1.54, 1.807) is 28.6 Å². The normalized spacial score (nSPS) is 13.4. The van der Waals surface area contributed by atoms with E-state index in [0.717, 1.165) is 23.1 Å². The Labute approximate surface area is 142 Å². The highest BCUT2D eigenvalue weighted by atomic mass is 32.2. The van der Waals surface area contributed by atoms with Crippen molar-refractivity contribution >= 4 is 34.8 Å². The number of nitrogens with two attached hydrogens (primary N) is 1. The smallest absolute Gasteiger partial charge is 0.253 e. The van der Waals surface area contributed by atoms with Gasteiger partial charge in [-0.1, -0.05) is 11.8 Å². The number of hydrogen-bond acceptors (Lipinski definition) is 6. The summed E-state index contributed by atoms with van der Waals surface area (Å²) in [4.78, 5) is 25.4. The zero-order chi connectivity index (χ0) is 16.7. The molecule has 9 heteroatoms. The molecule has 0 radical (unpaired) electrons. The molecule has 0 saturated heterocycles. The Morgan fingerprint density at radius 1 is 1.46 bits per heavy atom. The fraction of sp³-hybridized carbons (Fsp3) is 0.333. The van der Waals surface area contributed by atoms with Crippen LogP contribution in [0.3, 0.4) is 0 Å². The zero-order valence-corrected chi connectivity index (χ0v) is 14.0. The summed E-state index contributed by atoms with van der Waals surface area (Å²) < 4.78 is 3.92. The highest BCUT2D eigenvalue weighted by Gasteiger charge is 2.16. The number of imidazole rings is 2. The van der Waals surface area contributed by atoms with Gasteiger partial charge in [0.15, 0.2) is 10.8 Å². The van der Waals surface area contributed by atoms with Gasteiger partial charge in [-0.25, -0.2) is 15.0 Å². The number of nitrogens with one attached hydrogen (secondary N) is 1. The van der Waals surface area contributed by atoms with E-state index in [1.165, 1.54) is 0 Å². The highest BCUT2D eigenvalue weighted by Crippen LogP contribution is 2.24. The fourth-order valence-corrected chi connectivity index (χ4v) is 3.75. The van der Waals surface area contributed by atoms with Crippen LogP contribution in [-0.4, -0.2) is 35.7 Å². The number of carbonyl (C=O) groups excluding carboxylic acids is 1. The van der Waals surface area contributed by atoms with Crippen LogP contribution in [-0.2, 0) is 19.6 Å². The molecule has 4 heterocycles. The van der Waals surface area contributed by atoms with Crippen LogP contribution < -0.4 is 11.1 Å². The van der Waals surface area contributed by atoms with Crippen LogP contribution in [0.4, 0.5) is 5.95 Å². The molecule has 1 aliphatic heterocycles. The molecule has 0 spiro atoms. The largest absolute Gasteiger partial charge is 0.369 e. The van der Waals surface area contributed by atoms with E-state index in [9.17, 15) is 4.79 Å². The third-order valence-electron chi connectivity index (χ3n) is 3.98. The fourth-order valence-electron chi connectivity index (χ4n) is 2.78. The van der Waals surface area contributed by atoms with E-state index in [-0.39, 0.29) is 5.91 Å². The summed E-state index contributed by atoms with van der Waals surface area (Å²) in [6, 6.07) is 1.71. The van der Waals surface area contributed by atoms with Crippen molar-refractivity contribution in [1.29, 1.82) is 0 Å². The highest BCUT2D eigenvalue weighted by molar-refractivity contribution is 7.99. The van der Waals surface area contributed by atoms with E-state index in [4.69, 9.17) is 5.73 Å². The second kappa shape index (κ2) is 5.82. The summed E-state index contributed by atoms with van der Waals surface area (Å²) >= 11 is 1.73. The molecule has 3 aromatic rings. The number of nitrogens with zero attached hydrogens (tertiary/aromatic N) is 5. The van der Waals surface area contributed by atoms with Crippen molar-refractivity contribution in [2.24, 2.45) is 0 Å². The van der Waals surface area contributed by atoms with Crippen molar-refractivity contribution < 1.29 is 4.79 Å². The van der Waals surface area contributed by atoms with Crippen molar-refractivity contribution in [3.63, 3.8) is 0 Å². The Hall–Kier alpha value is -2.55. The van der Waals surface area contributed by atoms with Crippen molar-refractivity contribution in [2.75, 3.05) is 11.5 Å². The lowest BCUT2D eigenvalue weighted by Gasteiger charge is -2.04. The van der Waals surface area contributed by atoms with Crippen LogP contribution in [0.5, 0.6) is 0 Å². The summed E-state index contributed by atoms with van der Waals surface area (Å²) in [5.74, 6) is 1.27. The van der Waals surface area contributed by atoms with Gasteiger partial charge in [0.1, 0.15) is 5.52 Å². The number of amides is 1. The van der Waals surface area contributed by atoms with Gasteiger partial charge in [-0.2, -0.15) is 0 Å². The maximum Gasteiger partial charge on any atom is 0.253 e. The number of carbonyl (C=O) groups is 1. The second-order valence-electron chi connectivity index (χ2n) is 5.52. The summed E-state index contributed by atoms with van der Waals surface area (Å²) in [6.45, 7) is 4.02. The minimum atomic E-state index is -0.199. The van der Waals surface area contributed by atoms with Crippen LogP contribution in [0, 0.1) is 0 Å². The molecule has 0 bridgehead atoms. The Bertz CT molecular complexity index is 908. The molecule has 0 saturated carbocycles. The van der Waals surface area contributed by atoms with Crippen molar-refractivity contribution in [1.82, 2.24) is 29.4 Å². The minimum Gasteiger partial charge on any atom is -0.369 e. The Morgan fingerprint density at radius 3 is 3.12 bits per heavy atom. The first-order valence-corrected chi connectivity index (χ1v) is 8.73. The monoisotopic (exact) mass is 343 g/mol. The Morgan fingerprint density at radius 2 is 2.33 bits per heavy atom. The van der Waals surface area contributed by atoms with Gasteiger partial charge in [-0.05, 0) is 13.0 Å². The van der Waals surface area contributed by atoms with E-state index in [0.29, 0.717) is 35.8 Å². The SMILES string of the molecule is CCn1c(N)nc2cc(C(=O)NCc3cn4c(n3)SCC4)cnc21. The summed E-state index contributed by atoms with van der Waals surface area (Å²) in [6.07, 6.45) is 3.54. The van der Waals surface area contributed by atoms with Crippen LogP contribution in [0.1, 0.15) is 23.0 Å². The Kier molecular flexibility index (Phi) is 3.64. The van der Waals surface area contributed by atoms with Gasteiger partial charge in [-0.15, -0.1) is 0 Å². The molecule has 1 aliphatic rings. The van der Waals surface area contributed by atoms with Crippen LogP contribution >= 0.6 is 11.8 Å². The molecule has 0 aliphatic carbocycles. The number of aryl methyl sites for hydroxylation is 2. The molecule has 8 nitrogen and oxygen atoms in total. The van der Waals surface area contributed by atoms with Crippen molar-refractivity contribution in [3.8, 4) is 0 Å². The number of hydrogen-bond donors (Lipinski definition) is 2. The van der Waals surface area contributed by atoms with E-state index in [2.05, 4.69) is 24.8 Å². The molecule has 3 aromatic heterocycles. The molecule has 0 aromatic carbocycles. The maximum atomic E-state index is 12.3. The number of thioether (sulfide) groups is 1. The number of aromatic nitrogens is 5. The lowest BCUT2D eigenvalue weighted by atomic mass is 10.2. The molecule has 3 N–H and O–H groups in total. The number of pyridine rings is 1. The number of anilines is 1. The molecular formula is C15H17N7OS. The molecular weight excluding hydrogens is 326 g/mol. The summed E-state index contributed by atoms with van der Waals surface area (Å²) in [5, 5.41) is 3.89. The summed E-state index contributed by atoms with van der Waals surface area (Å²) in [7, 11) is 0. The lowest BCUT2D eigenvalue weighted by molar-refractivity contribution is 0.0950. The molecule has 0 unspecified atom stereocenters. The first kappa shape index (κ1) is 15.0. The zero-order valence-electron chi connectivity index (χ0n) is 13.2. The molecule has 24 heavy (non-hydrogen) atoms. The van der Waals surface area contributed by atoms with Crippen molar-refractivity contribution in [2.45, 2.75) is 31.7 Å². The first-order valence-electron chi connectivity index (χ1n) is 7.74. The number of nitrogen functional groups attached to an aromatic ring is 1. The van der Waals surface area contributed by atoms with Crippen LogP contribution in [0.15, 0.2) is 23.6 Å². The van der Waals surface area contributed by atoms with Crippen molar-refractivity contribution in [3.05, 3.63) is 29.7 Å². The maximum absolute atomic E-state index is 12.3. The second-order valence-corrected chi connectivity index (χ2v) is 6.58. The topological polar surface area (TPSA) is 104 Å². The average molecular weight is 343 g/mol. The van der Waals surface area contributed by atoms with Gasteiger partial charge in [0.05, 0.1) is 17.8 Å². The van der Waals surface area contributed by atoms with E-state index in [1.807, 2.05) is 13.1 Å². The van der Waals surface area contributed by atoms with Gasteiger partial charge in [0.25, 0.3) is 5.91 Å². The van der Waals surface area contributed by atoms with E-state index >= 15 is 0 Å². The molecule has 1 amide bonds. The first-order chi connectivity index (χ1) is 11.7. The molecule has 124 valence electrons. The predicted octanol–water partition coefficient (Wildman–Crippen LogP) is 1.27. The third kappa shape index (κ3) is 2.50. The number of fused-ring (bicyclic) bond motifs is 2. The quantitative estimate of drug-likeness (QED) is 0.739. The average Bonchev–Trinajstić information content (AvgIpc) is 3.23. The minimum absolute atomic E-state index is 0.199. The third-order valence-corrected chi connectivity index (χ3v) is 4.95. The Balaban J connectivity index is 1.50. The van der Waals surface area contributed by atoms with Gasteiger partial charge in [0.2, 0.25) is 5.95 Å². The van der Waals surface area contributed by atoms with Gasteiger partial charge >= 0.3 is 0 Å². The summed E-state index contributed by atoms with van der Waals surface area (Å²) in [5.41, 5.74) is 8.49. The predicted molar refractivity (Wildman–Crippen MR) is 91.7 cm³/mol.